The van der Waals surface area contributed by atoms with Crippen LogP contribution in [0.4, 0.5) is 14.6 Å². The molecule has 0 amide bonds. The highest BCUT2D eigenvalue weighted by Gasteiger charge is 2.22. The van der Waals surface area contributed by atoms with Gasteiger partial charge >= 0.3 is 0 Å². The summed E-state index contributed by atoms with van der Waals surface area (Å²) in [4.78, 5) is 0. The first kappa shape index (κ1) is 11.8. The number of hydrogen-bond donors (Lipinski definition) is 1. The summed E-state index contributed by atoms with van der Waals surface area (Å²) in [6, 6.07) is 2.25. The second-order valence-electron chi connectivity index (χ2n) is 3.18. The largest absolute Gasteiger partial charge is 0.495 e. The van der Waals surface area contributed by atoms with Gasteiger partial charge in [0, 0.05) is 6.07 Å². The van der Waals surface area contributed by atoms with Crippen molar-refractivity contribution in [3.05, 3.63) is 28.2 Å². The number of nitrogen functional groups attached to an aromatic ring is 1. The first-order chi connectivity index (χ1) is 8.04. The van der Waals surface area contributed by atoms with Crippen LogP contribution >= 0.6 is 15.9 Å². The predicted molar refractivity (Wildman–Crippen MR) is 60.5 cm³/mol. The van der Waals surface area contributed by atoms with Gasteiger partial charge in [-0.2, -0.15) is 0 Å². The normalized spacial score (nSPS) is 10.6. The fraction of sp³-hybridized carbons (Fsp3) is 0.100. The van der Waals surface area contributed by atoms with E-state index in [0.717, 1.165) is 6.07 Å². The summed E-state index contributed by atoms with van der Waals surface area (Å²) >= 11 is 3.07. The van der Waals surface area contributed by atoms with Gasteiger partial charge in [0.1, 0.15) is 11.3 Å². The van der Waals surface area contributed by atoms with Crippen LogP contribution in [0, 0.1) is 11.6 Å². The van der Waals surface area contributed by atoms with E-state index in [0.29, 0.717) is 0 Å². The van der Waals surface area contributed by atoms with E-state index >= 15 is 0 Å². The van der Waals surface area contributed by atoms with Gasteiger partial charge in [0.15, 0.2) is 23.2 Å². The Labute approximate surface area is 103 Å². The zero-order chi connectivity index (χ0) is 12.6. The van der Waals surface area contributed by atoms with E-state index in [1.807, 2.05) is 0 Å². The minimum Gasteiger partial charge on any atom is -0.495 e. The van der Waals surface area contributed by atoms with Gasteiger partial charge in [0.2, 0.25) is 0 Å². The van der Waals surface area contributed by atoms with Gasteiger partial charge in [-0.05, 0) is 22.0 Å². The number of anilines is 1. The lowest BCUT2D eigenvalue weighted by molar-refractivity contribution is 0.395. The monoisotopic (exact) mass is 304 g/mol. The molecule has 0 bridgehead atoms. The summed E-state index contributed by atoms with van der Waals surface area (Å²) < 4.78 is 37.1. The van der Waals surface area contributed by atoms with Crippen molar-refractivity contribution in [1.82, 2.24) is 5.16 Å². The fourth-order valence-electron chi connectivity index (χ4n) is 1.41. The molecule has 1 heterocycles. The van der Waals surface area contributed by atoms with Crippen molar-refractivity contribution in [2.24, 2.45) is 0 Å². The number of ether oxygens (including phenoxy) is 1. The second-order valence-corrected chi connectivity index (χ2v) is 4.03. The SMILES string of the molecule is COc1c(Br)cc(F)c(F)c1-c1cc(N)no1. The highest BCUT2D eigenvalue weighted by Crippen LogP contribution is 2.40. The molecule has 2 aromatic rings. The van der Waals surface area contributed by atoms with Crippen LogP contribution in [-0.4, -0.2) is 12.3 Å². The molecular weight excluding hydrogens is 298 g/mol. The van der Waals surface area contributed by atoms with Crippen LogP contribution in [0.1, 0.15) is 0 Å². The zero-order valence-corrected chi connectivity index (χ0v) is 10.2. The van der Waals surface area contributed by atoms with E-state index in [-0.39, 0.29) is 27.4 Å². The third-order valence-corrected chi connectivity index (χ3v) is 2.69. The highest BCUT2D eigenvalue weighted by atomic mass is 79.9. The predicted octanol–water partition coefficient (Wildman–Crippen LogP) is 2.97. The van der Waals surface area contributed by atoms with Gasteiger partial charge in [-0.3, -0.25) is 0 Å². The number of rotatable bonds is 2. The second kappa shape index (κ2) is 4.33. The Hall–Kier alpha value is -1.63. The van der Waals surface area contributed by atoms with Gasteiger partial charge < -0.3 is 15.0 Å². The number of methoxy groups -OCH3 is 1. The van der Waals surface area contributed by atoms with Crippen LogP contribution in [0.25, 0.3) is 11.3 Å². The molecule has 0 unspecified atom stereocenters. The van der Waals surface area contributed by atoms with Crippen molar-refractivity contribution in [2.45, 2.75) is 0 Å². The van der Waals surface area contributed by atoms with E-state index in [1.165, 1.54) is 13.2 Å². The van der Waals surface area contributed by atoms with Gasteiger partial charge in [0.25, 0.3) is 0 Å². The standard InChI is InChI=1S/C10H7BrF2N2O2/c1-16-10-4(11)2-5(12)9(13)8(10)6-3-7(14)15-17-6/h2-3H,1H3,(H2,14,15). The summed E-state index contributed by atoms with van der Waals surface area (Å²) in [7, 11) is 1.33. The number of benzene rings is 1. The summed E-state index contributed by atoms with van der Waals surface area (Å²) in [5, 5.41) is 3.41. The molecule has 2 N–H and O–H groups in total. The Kier molecular flexibility index (Phi) is 3.01. The molecule has 0 saturated carbocycles. The Morgan fingerprint density at radius 3 is 2.65 bits per heavy atom. The Morgan fingerprint density at radius 1 is 1.41 bits per heavy atom. The molecule has 1 aromatic carbocycles. The average molecular weight is 305 g/mol. The maximum atomic E-state index is 13.7. The molecule has 0 aliphatic carbocycles. The van der Waals surface area contributed by atoms with E-state index < -0.39 is 11.6 Å². The lowest BCUT2D eigenvalue weighted by atomic mass is 10.1. The smallest absolute Gasteiger partial charge is 0.175 e. The van der Waals surface area contributed by atoms with Crippen LogP contribution in [-0.2, 0) is 0 Å². The third kappa shape index (κ3) is 1.97. The van der Waals surface area contributed by atoms with Crippen LogP contribution in [0.3, 0.4) is 0 Å². The van der Waals surface area contributed by atoms with Crippen molar-refractivity contribution >= 4 is 21.7 Å². The van der Waals surface area contributed by atoms with Gasteiger partial charge in [-0.1, -0.05) is 5.16 Å². The third-order valence-electron chi connectivity index (χ3n) is 2.11. The topological polar surface area (TPSA) is 61.3 Å². The molecule has 0 aliphatic heterocycles. The minimum atomic E-state index is -1.08. The first-order valence-electron chi connectivity index (χ1n) is 4.48. The van der Waals surface area contributed by atoms with E-state index in [2.05, 4.69) is 21.1 Å². The van der Waals surface area contributed by atoms with Crippen molar-refractivity contribution in [1.29, 1.82) is 0 Å². The van der Waals surface area contributed by atoms with E-state index in [9.17, 15) is 8.78 Å². The molecule has 0 saturated heterocycles. The minimum absolute atomic E-state index is 0.00273. The maximum absolute atomic E-state index is 13.7. The Balaban J connectivity index is 2.74. The summed E-state index contributed by atoms with van der Waals surface area (Å²) in [5.74, 6) is -1.93. The number of aromatic nitrogens is 1. The molecule has 0 spiro atoms. The molecule has 2 rings (SSSR count). The molecule has 4 nitrogen and oxygen atoms in total. The lowest BCUT2D eigenvalue weighted by Gasteiger charge is -2.09. The van der Waals surface area contributed by atoms with E-state index in [4.69, 9.17) is 15.0 Å². The molecule has 0 radical (unpaired) electrons. The fourth-order valence-corrected chi connectivity index (χ4v) is 1.97. The first-order valence-corrected chi connectivity index (χ1v) is 5.28. The van der Waals surface area contributed by atoms with Gasteiger partial charge in [0.05, 0.1) is 11.6 Å². The molecule has 0 fully saturated rings. The number of nitrogens with zero attached hydrogens (tertiary/aromatic N) is 1. The number of halogens is 3. The Morgan fingerprint density at radius 2 is 2.12 bits per heavy atom. The molecule has 1 aromatic heterocycles. The van der Waals surface area contributed by atoms with Crippen molar-refractivity contribution in [3.8, 4) is 17.1 Å². The molecular formula is C10H7BrF2N2O2. The molecule has 17 heavy (non-hydrogen) atoms. The van der Waals surface area contributed by atoms with Gasteiger partial charge in [-0.15, -0.1) is 0 Å². The molecule has 0 atom stereocenters. The van der Waals surface area contributed by atoms with E-state index in [1.54, 1.807) is 0 Å². The van der Waals surface area contributed by atoms with Crippen LogP contribution in [0.2, 0.25) is 0 Å². The lowest BCUT2D eigenvalue weighted by Crippen LogP contribution is -1.96. The molecule has 7 heteroatoms. The number of nitrogens with two attached hydrogens (primary N) is 1. The molecule has 90 valence electrons. The summed E-state index contributed by atoms with van der Waals surface area (Å²) in [6.45, 7) is 0. The van der Waals surface area contributed by atoms with Gasteiger partial charge in [-0.25, -0.2) is 8.78 Å². The summed E-state index contributed by atoms with van der Waals surface area (Å²) in [6.07, 6.45) is 0. The van der Waals surface area contributed by atoms with Crippen molar-refractivity contribution in [3.63, 3.8) is 0 Å². The van der Waals surface area contributed by atoms with Crippen LogP contribution in [0.5, 0.6) is 5.75 Å². The van der Waals surface area contributed by atoms with Crippen LogP contribution < -0.4 is 10.5 Å². The average Bonchev–Trinajstić information content (AvgIpc) is 2.69. The number of hydrogen-bond acceptors (Lipinski definition) is 4. The van der Waals surface area contributed by atoms with Crippen LogP contribution in [0.15, 0.2) is 21.1 Å². The Bertz CT molecular complexity index is 572. The molecule has 0 aliphatic rings. The maximum Gasteiger partial charge on any atom is 0.175 e. The highest BCUT2D eigenvalue weighted by molar-refractivity contribution is 9.10. The summed E-state index contributed by atoms with van der Waals surface area (Å²) in [5.41, 5.74) is 5.20. The van der Waals surface area contributed by atoms with Crippen molar-refractivity contribution < 1.29 is 18.0 Å². The zero-order valence-electron chi connectivity index (χ0n) is 8.63. The quantitative estimate of drug-likeness (QED) is 0.867. The van der Waals surface area contributed by atoms with Crippen molar-refractivity contribution in [2.75, 3.05) is 12.8 Å².